The summed E-state index contributed by atoms with van der Waals surface area (Å²) >= 11 is 6.13. The summed E-state index contributed by atoms with van der Waals surface area (Å²) in [5, 5.41) is 13.1. The fraction of sp³-hybridized carbons (Fsp3) is 0.429. The van der Waals surface area contributed by atoms with Crippen molar-refractivity contribution in [3.8, 4) is 11.5 Å². The van der Waals surface area contributed by atoms with Crippen LogP contribution in [-0.4, -0.2) is 61.8 Å². The number of pyridine rings is 1. The highest BCUT2D eigenvalue weighted by Crippen LogP contribution is 2.46. The van der Waals surface area contributed by atoms with Crippen molar-refractivity contribution in [2.24, 2.45) is 5.92 Å². The van der Waals surface area contributed by atoms with Gasteiger partial charge < -0.3 is 29.4 Å². The molecule has 3 unspecified atom stereocenters. The number of rotatable bonds is 7. The number of anilines is 1. The lowest BCUT2D eigenvalue weighted by Gasteiger charge is -2.47. The van der Waals surface area contributed by atoms with Gasteiger partial charge in [-0.15, -0.1) is 0 Å². The van der Waals surface area contributed by atoms with Gasteiger partial charge in [-0.1, -0.05) is 23.7 Å². The van der Waals surface area contributed by atoms with Crippen molar-refractivity contribution in [2.45, 2.75) is 37.8 Å². The topological polar surface area (TPSA) is 95.1 Å². The molecular weight excluding hydrogens is 494 g/mol. The number of nitrogens with zero attached hydrogens (tertiary/aromatic N) is 2. The van der Waals surface area contributed by atoms with Gasteiger partial charge in [-0.25, -0.2) is 0 Å². The Morgan fingerprint density at radius 1 is 1.19 bits per heavy atom. The number of aromatic nitrogens is 1. The zero-order valence-corrected chi connectivity index (χ0v) is 22.6. The molecule has 1 amide bonds. The van der Waals surface area contributed by atoms with Gasteiger partial charge in [0.2, 0.25) is 5.91 Å². The zero-order chi connectivity index (χ0) is 26.9. The fourth-order valence-electron chi connectivity index (χ4n) is 5.66. The number of fused-ring (bicyclic) bond motifs is 1. The highest BCUT2D eigenvalue weighted by molar-refractivity contribution is 6.31. The molecule has 3 aromatic rings. The molecule has 1 aliphatic carbocycles. The number of nitrogens with one attached hydrogen (secondary N) is 1. The molecule has 0 radical (unpaired) electrons. The van der Waals surface area contributed by atoms with Crippen molar-refractivity contribution >= 4 is 34.1 Å². The fourth-order valence-corrected chi connectivity index (χ4v) is 5.83. The minimum atomic E-state index is -1.12. The third-order valence-electron chi connectivity index (χ3n) is 7.30. The number of methoxy groups -OCH3 is 2. The monoisotopic (exact) mass is 527 g/mol. The van der Waals surface area contributed by atoms with E-state index in [4.69, 9.17) is 21.1 Å². The Morgan fingerprint density at radius 3 is 2.59 bits per heavy atom. The van der Waals surface area contributed by atoms with Crippen molar-refractivity contribution in [1.82, 2.24) is 9.88 Å². The average molecular weight is 528 g/mol. The summed E-state index contributed by atoms with van der Waals surface area (Å²) < 4.78 is 11.1. The SMILES string of the molecule is COc1cccc(C2(O)CCC(N(C(C)=O)c3c(OC)c4ccc(Cl)cc4[nH]c3=O)CC2CN(C)C)c1. The van der Waals surface area contributed by atoms with E-state index in [1.165, 1.54) is 14.0 Å². The van der Waals surface area contributed by atoms with Gasteiger partial charge in [-0.05, 0) is 69.3 Å². The van der Waals surface area contributed by atoms with Gasteiger partial charge in [-0.3, -0.25) is 9.59 Å². The maximum Gasteiger partial charge on any atom is 0.276 e. The molecule has 0 aliphatic heterocycles. The molecule has 2 aromatic carbocycles. The third kappa shape index (κ3) is 5.19. The van der Waals surface area contributed by atoms with Gasteiger partial charge in [0.05, 0.1) is 25.3 Å². The van der Waals surface area contributed by atoms with Gasteiger partial charge in [0, 0.05) is 35.8 Å². The zero-order valence-electron chi connectivity index (χ0n) is 21.9. The normalized spacial score (nSPS) is 21.7. The summed E-state index contributed by atoms with van der Waals surface area (Å²) in [6.07, 6.45) is 1.40. The highest BCUT2D eigenvalue weighted by atomic mass is 35.5. The highest BCUT2D eigenvalue weighted by Gasteiger charge is 2.46. The van der Waals surface area contributed by atoms with Crippen LogP contribution in [0.2, 0.25) is 5.02 Å². The number of benzene rings is 2. The number of hydrogen-bond donors (Lipinski definition) is 2. The van der Waals surface area contributed by atoms with E-state index in [0.717, 1.165) is 5.56 Å². The first-order valence-electron chi connectivity index (χ1n) is 12.3. The van der Waals surface area contributed by atoms with E-state index in [2.05, 4.69) is 4.98 Å². The van der Waals surface area contributed by atoms with Gasteiger partial charge in [0.15, 0.2) is 11.4 Å². The number of H-pyrrole nitrogens is 1. The van der Waals surface area contributed by atoms with E-state index in [0.29, 0.717) is 53.2 Å². The number of ether oxygens (including phenoxy) is 2. The van der Waals surface area contributed by atoms with E-state index in [1.807, 2.05) is 43.3 Å². The number of aliphatic hydroxyl groups is 1. The minimum Gasteiger partial charge on any atom is -0.497 e. The Labute approximate surface area is 221 Å². The van der Waals surface area contributed by atoms with Crippen LogP contribution < -0.4 is 19.9 Å². The molecule has 4 rings (SSSR count). The summed E-state index contributed by atoms with van der Waals surface area (Å²) in [5.41, 5.74) is -0.0634. The minimum absolute atomic E-state index is 0.172. The molecular formula is C28H34ClN3O5. The van der Waals surface area contributed by atoms with Crippen LogP contribution in [0.4, 0.5) is 5.69 Å². The van der Waals surface area contributed by atoms with E-state index in [-0.39, 0.29) is 23.6 Å². The Hall–Kier alpha value is -3.07. The summed E-state index contributed by atoms with van der Waals surface area (Å²) in [6.45, 7) is 2.05. The second-order valence-electron chi connectivity index (χ2n) is 9.96. The first-order valence-corrected chi connectivity index (χ1v) is 12.7. The van der Waals surface area contributed by atoms with E-state index in [9.17, 15) is 14.7 Å². The van der Waals surface area contributed by atoms with Crippen molar-refractivity contribution in [3.05, 3.63) is 63.4 Å². The van der Waals surface area contributed by atoms with Crippen LogP contribution in [0.25, 0.3) is 10.9 Å². The van der Waals surface area contributed by atoms with Crippen LogP contribution in [0.1, 0.15) is 31.7 Å². The largest absolute Gasteiger partial charge is 0.497 e. The summed E-state index contributed by atoms with van der Waals surface area (Å²) in [5.74, 6) is 0.523. The molecule has 3 atom stereocenters. The van der Waals surface area contributed by atoms with Crippen molar-refractivity contribution in [3.63, 3.8) is 0 Å². The van der Waals surface area contributed by atoms with Gasteiger partial charge in [-0.2, -0.15) is 0 Å². The lowest BCUT2D eigenvalue weighted by Crippen LogP contribution is -2.52. The number of aromatic amines is 1. The Morgan fingerprint density at radius 2 is 1.95 bits per heavy atom. The van der Waals surface area contributed by atoms with E-state index >= 15 is 0 Å². The van der Waals surface area contributed by atoms with Crippen LogP contribution in [-0.2, 0) is 10.4 Å². The van der Waals surface area contributed by atoms with Crippen molar-refractivity contribution < 1.29 is 19.4 Å². The quantitative estimate of drug-likeness (QED) is 0.479. The lowest BCUT2D eigenvalue weighted by atomic mass is 9.69. The first kappa shape index (κ1) is 27.0. The molecule has 1 aliphatic rings. The average Bonchev–Trinajstić information content (AvgIpc) is 2.85. The second kappa shape index (κ2) is 10.7. The summed E-state index contributed by atoms with van der Waals surface area (Å²) in [7, 11) is 7.01. The number of hydrogen-bond acceptors (Lipinski definition) is 6. The summed E-state index contributed by atoms with van der Waals surface area (Å²) in [6, 6.07) is 12.3. The Kier molecular flexibility index (Phi) is 7.83. The maximum absolute atomic E-state index is 13.3. The molecule has 37 heavy (non-hydrogen) atoms. The van der Waals surface area contributed by atoms with E-state index < -0.39 is 11.2 Å². The van der Waals surface area contributed by atoms with Crippen molar-refractivity contribution in [2.75, 3.05) is 39.8 Å². The van der Waals surface area contributed by atoms with E-state index in [1.54, 1.807) is 30.2 Å². The predicted octanol–water partition coefficient (Wildman–Crippen LogP) is 4.17. The van der Waals surface area contributed by atoms with Crippen LogP contribution in [0, 0.1) is 5.92 Å². The molecule has 1 fully saturated rings. The second-order valence-corrected chi connectivity index (χ2v) is 10.4. The molecule has 8 nitrogen and oxygen atoms in total. The molecule has 1 heterocycles. The Bertz CT molecular complexity index is 1360. The van der Waals surface area contributed by atoms with Crippen molar-refractivity contribution in [1.29, 1.82) is 0 Å². The number of carbonyl (C=O) groups is 1. The van der Waals surface area contributed by atoms with Crippen LogP contribution in [0.3, 0.4) is 0 Å². The van der Waals surface area contributed by atoms with Crippen LogP contribution in [0.15, 0.2) is 47.3 Å². The Balaban J connectivity index is 1.78. The molecule has 198 valence electrons. The molecule has 1 aromatic heterocycles. The molecule has 0 spiro atoms. The first-order chi connectivity index (χ1) is 17.6. The molecule has 1 saturated carbocycles. The predicted molar refractivity (Wildman–Crippen MR) is 146 cm³/mol. The molecule has 9 heteroatoms. The molecule has 0 saturated heterocycles. The molecule has 0 bridgehead atoms. The van der Waals surface area contributed by atoms with Crippen LogP contribution >= 0.6 is 11.6 Å². The van der Waals surface area contributed by atoms with Gasteiger partial charge >= 0.3 is 0 Å². The molecule has 2 N–H and O–H groups in total. The van der Waals surface area contributed by atoms with Crippen LogP contribution in [0.5, 0.6) is 11.5 Å². The number of halogens is 1. The van der Waals surface area contributed by atoms with Gasteiger partial charge in [0.25, 0.3) is 5.56 Å². The third-order valence-corrected chi connectivity index (χ3v) is 7.53. The number of carbonyl (C=O) groups excluding carboxylic acids is 1. The van der Waals surface area contributed by atoms with Gasteiger partial charge in [0.1, 0.15) is 5.75 Å². The summed E-state index contributed by atoms with van der Waals surface area (Å²) in [4.78, 5) is 32.9. The smallest absolute Gasteiger partial charge is 0.276 e. The standard InChI is InChI=1S/C28H34ClN3O5/c1-17(33)32(25-26(37-5)23-10-9-20(29)15-24(23)30-27(25)34)21-11-12-28(35,19(13-21)16-31(2)3)18-7-6-8-22(14-18)36-4/h6-10,14-15,19,21,35H,11-13,16H2,1-5H3,(H,30,34). The number of amides is 1. The lowest BCUT2D eigenvalue weighted by molar-refractivity contribution is -0.118. The maximum atomic E-state index is 13.3.